The van der Waals surface area contributed by atoms with Crippen LogP contribution in [0.2, 0.25) is 0 Å². The zero-order valence-corrected chi connectivity index (χ0v) is 14.4. The minimum absolute atomic E-state index is 0.0315. The normalized spacial score (nSPS) is 15.1. The first kappa shape index (κ1) is 14.6. The Morgan fingerprint density at radius 2 is 1.96 bits per heavy atom. The van der Waals surface area contributed by atoms with Crippen LogP contribution < -0.4 is 4.31 Å². The average Bonchev–Trinajstić information content (AvgIpc) is 3.33. The summed E-state index contributed by atoms with van der Waals surface area (Å²) in [5.41, 5.74) is 1.48. The van der Waals surface area contributed by atoms with Crippen LogP contribution in [-0.4, -0.2) is 18.6 Å². The number of hydrogen-bond donors (Lipinski definition) is 0. The van der Waals surface area contributed by atoms with Crippen molar-refractivity contribution in [3.63, 3.8) is 0 Å². The summed E-state index contributed by atoms with van der Waals surface area (Å²) >= 11 is 1.53. The molecule has 0 unspecified atom stereocenters. The second kappa shape index (κ2) is 5.14. The van der Waals surface area contributed by atoms with Crippen LogP contribution in [-0.2, 0) is 16.6 Å². The van der Waals surface area contributed by atoms with E-state index < -0.39 is 10.0 Å². The molecule has 0 saturated heterocycles. The van der Waals surface area contributed by atoms with Crippen LogP contribution in [0.3, 0.4) is 0 Å². The molecule has 8 heteroatoms. The van der Waals surface area contributed by atoms with Crippen molar-refractivity contribution in [2.24, 2.45) is 0 Å². The number of aromatic nitrogens is 2. The summed E-state index contributed by atoms with van der Waals surface area (Å²) in [7, 11) is -3.63. The third-order valence-electron chi connectivity index (χ3n) is 4.20. The number of benzene rings is 2. The van der Waals surface area contributed by atoms with Gasteiger partial charge in [0.05, 0.1) is 22.7 Å². The minimum Gasteiger partial charge on any atom is -0.334 e. The SMILES string of the molecule is O=S1(=O)c2cccc3cccc(c23)N1Cc1noc(-c2ccsc2)n1. The Balaban J connectivity index is 1.59. The van der Waals surface area contributed by atoms with Gasteiger partial charge in [-0.2, -0.15) is 16.3 Å². The Labute approximate surface area is 147 Å². The summed E-state index contributed by atoms with van der Waals surface area (Å²) < 4.78 is 32.5. The number of rotatable bonds is 3. The fourth-order valence-corrected chi connectivity index (χ4v) is 5.37. The van der Waals surface area contributed by atoms with Gasteiger partial charge >= 0.3 is 0 Å². The molecule has 1 aliphatic heterocycles. The fourth-order valence-electron chi connectivity index (χ4n) is 3.08. The van der Waals surface area contributed by atoms with E-state index in [9.17, 15) is 8.42 Å². The number of hydrogen-bond acceptors (Lipinski definition) is 6. The molecule has 0 bridgehead atoms. The summed E-state index contributed by atoms with van der Waals surface area (Å²) in [5, 5.41) is 9.40. The topological polar surface area (TPSA) is 76.3 Å². The molecule has 3 heterocycles. The molecular formula is C17H11N3O3S2. The summed E-state index contributed by atoms with van der Waals surface area (Å²) in [6, 6.07) is 12.7. The molecule has 0 N–H and O–H groups in total. The predicted molar refractivity (Wildman–Crippen MR) is 94.9 cm³/mol. The van der Waals surface area contributed by atoms with E-state index in [1.54, 1.807) is 18.2 Å². The van der Waals surface area contributed by atoms with E-state index in [1.165, 1.54) is 15.6 Å². The number of nitrogens with zero attached hydrogens (tertiary/aromatic N) is 3. The highest BCUT2D eigenvalue weighted by Gasteiger charge is 2.36. The molecule has 0 radical (unpaired) electrons. The highest BCUT2D eigenvalue weighted by molar-refractivity contribution is 7.93. The quantitative estimate of drug-likeness (QED) is 0.551. The van der Waals surface area contributed by atoms with Crippen molar-refractivity contribution < 1.29 is 12.9 Å². The van der Waals surface area contributed by atoms with Crippen LogP contribution >= 0.6 is 11.3 Å². The van der Waals surface area contributed by atoms with Gasteiger partial charge in [-0.1, -0.05) is 29.4 Å². The first-order chi connectivity index (χ1) is 12.1. The van der Waals surface area contributed by atoms with Crippen LogP contribution in [0.15, 0.2) is 62.6 Å². The van der Waals surface area contributed by atoms with Crippen molar-refractivity contribution in [1.29, 1.82) is 0 Å². The fraction of sp³-hybridized carbons (Fsp3) is 0.0588. The van der Waals surface area contributed by atoms with Gasteiger partial charge in [-0.05, 0) is 29.0 Å². The van der Waals surface area contributed by atoms with Gasteiger partial charge in [0.2, 0.25) is 0 Å². The molecule has 2 aromatic heterocycles. The maximum Gasteiger partial charge on any atom is 0.265 e. The molecule has 0 fully saturated rings. The molecular weight excluding hydrogens is 358 g/mol. The molecule has 6 nitrogen and oxygen atoms in total. The Bertz CT molecular complexity index is 1190. The van der Waals surface area contributed by atoms with E-state index in [1.807, 2.05) is 35.0 Å². The van der Waals surface area contributed by atoms with Crippen LogP contribution in [0.5, 0.6) is 0 Å². The number of sulfonamides is 1. The van der Waals surface area contributed by atoms with E-state index >= 15 is 0 Å². The molecule has 0 aliphatic carbocycles. The lowest BCUT2D eigenvalue weighted by Crippen LogP contribution is -2.27. The Hall–Kier alpha value is -2.71. The summed E-state index contributed by atoms with van der Waals surface area (Å²) in [6.07, 6.45) is 0. The monoisotopic (exact) mass is 369 g/mol. The second-order valence-corrected chi connectivity index (χ2v) is 8.28. The second-order valence-electron chi connectivity index (χ2n) is 5.67. The highest BCUT2D eigenvalue weighted by Crippen LogP contribution is 2.42. The molecule has 0 saturated carbocycles. The summed E-state index contributed by atoms with van der Waals surface area (Å²) in [6.45, 7) is 0.0315. The maximum absolute atomic E-state index is 12.9. The lowest BCUT2D eigenvalue weighted by Gasteiger charge is -2.16. The molecule has 4 aromatic rings. The third-order valence-corrected chi connectivity index (χ3v) is 6.69. The van der Waals surface area contributed by atoms with Crippen molar-refractivity contribution in [2.45, 2.75) is 11.4 Å². The van der Waals surface area contributed by atoms with E-state index in [0.29, 0.717) is 22.3 Å². The van der Waals surface area contributed by atoms with Crippen molar-refractivity contribution in [2.75, 3.05) is 4.31 Å². The maximum atomic E-state index is 12.9. The molecule has 25 heavy (non-hydrogen) atoms. The van der Waals surface area contributed by atoms with Gasteiger partial charge in [0.25, 0.3) is 15.9 Å². The van der Waals surface area contributed by atoms with E-state index in [0.717, 1.165) is 16.3 Å². The smallest absolute Gasteiger partial charge is 0.265 e. The van der Waals surface area contributed by atoms with Crippen LogP contribution in [0, 0.1) is 0 Å². The van der Waals surface area contributed by atoms with Gasteiger partial charge in [-0.25, -0.2) is 8.42 Å². The minimum atomic E-state index is -3.63. The van der Waals surface area contributed by atoms with Gasteiger partial charge in [0.15, 0.2) is 5.82 Å². The standard InChI is InChI=1S/C17H11N3O3S2/c21-25(22)14-6-2-4-11-3-1-5-13(16(11)14)20(25)9-15-18-17(23-19-15)12-7-8-24-10-12/h1-8,10H,9H2. The highest BCUT2D eigenvalue weighted by atomic mass is 32.2. The van der Waals surface area contributed by atoms with Gasteiger partial charge in [-0.3, -0.25) is 4.31 Å². The number of thiophene rings is 1. The van der Waals surface area contributed by atoms with Crippen LogP contribution in [0.4, 0.5) is 5.69 Å². The van der Waals surface area contributed by atoms with E-state index in [2.05, 4.69) is 10.1 Å². The Morgan fingerprint density at radius 3 is 2.76 bits per heavy atom. The lowest BCUT2D eigenvalue weighted by atomic mass is 10.1. The molecule has 2 aromatic carbocycles. The van der Waals surface area contributed by atoms with Crippen molar-refractivity contribution in [3.05, 3.63) is 59.0 Å². The molecule has 0 spiro atoms. The molecule has 1 aliphatic rings. The predicted octanol–water partition coefficient (Wildman–Crippen LogP) is 3.66. The molecule has 0 amide bonds. The molecule has 5 rings (SSSR count). The Morgan fingerprint density at radius 1 is 1.12 bits per heavy atom. The van der Waals surface area contributed by atoms with Crippen molar-refractivity contribution >= 4 is 37.8 Å². The van der Waals surface area contributed by atoms with E-state index in [4.69, 9.17) is 4.52 Å². The molecule has 124 valence electrons. The lowest BCUT2D eigenvalue weighted by molar-refractivity contribution is 0.423. The van der Waals surface area contributed by atoms with Gasteiger partial charge in [0, 0.05) is 10.8 Å². The summed E-state index contributed by atoms with van der Waals surface area (Å²) in [5.74, 6) is 0.721. The Kier molecular flexibility index (Phi) is 3.01. The van der Waals surface area contributed by atoms with Crippen molar-refractivity contribution in [3.8, 4) is 11.5 Å². The third kappa shape index (κ3) is 2.11. The van der Waals surface area contributed by atoms with E-state index in [-0.39, 0.29) is 6.54 Å². The zero-order valence-electron chi connectivity index (χ0n) is 12.8. The molecule has 0 atom stereocenters. The van der Waals surface area contributed by atoms with Gasteiger partial charge in [0.1, 0.15) is 0 Å². The zero-order chi connectivity index (χ0) is 17.0. The average molecular weight is 369 g/mol. The van der Waals surface area contributed by atoms with Crippen molar-refractivity contribution in [1.82, 2.24) is 10.1 Å². The first-order valence-electron chi connectivity index (χ1n) is 7.54. The first-order valence-corrected chi connectivity index (χ1v) is 9.92. The summed E-state index contributed by atoms with van der Waals surface area (Å²) in [4.78, 5) is 4.65. The largest absolute Gasteiger partial charge is 0.334 e. The van der Waals surface area contributed by atoms with Crippen LogP contribution in [0.25, 0.3) is 22.2 Å². The van der Waals surface area contributed by atoms with Crippen LogP contribution in [0.1, 0.15) is 5.82 Å². The van der Waals surface area contributed by atoms with Gasteiger partial charge in [-0.15, -0.1) is 0 Å². The van der Waals surface area contributed by atoms with Gasteiger partial charge < -0.3 is 4.52 Å². The number of anilines is 1.